The standard InChI is InChI=1S/C11H13Cl2N5/c1-7-5-16-18(6-7)3-2-15-11-9(13)4-8(12)10(14)17-11/h4-6H,2-3H2,1H3,(H3,14,15,17). The van der Waals surface area contributed by atoms with Gasteiger partial charge >= 0.3 is 0 Å². The van der Waals surface area contributed by atoms with Crippen molar-refractivity contribution in [3.63, 3.8) is 0 Å². The van der Waals surface area contributed by atoms with E-state index in [1.54, 1.807) is 6.07 Å². The van der Waals surface area contributed by atoms with Crippen molar-refractivity contribution in [3.8, 4) is 0 Å². The summed E-state index contributed by atoms with van der Waals surface area (Å²) in [6.07, 6.45) is 3.78. The van der Waals surface area contributed by atoms with E-state index in [4.69, 9.17) is 28.9 Å². The Labute approximate surface area is 115 Å². The summed E-state index contributed by atoms with van der Waals surface area (Å²) < 4.78 is 1.84. The minimum atomic E-state index is 0.263. The van der Waals surface area contributed by atoms with Gasteiger partial charge in [0.25, 0.3) is 0 Å². The lowest BCUT2D eigenvalue weighted by atomic mass is 10.4. The third-order valence-electron chi connectivity index (χ3n) is 2.35. The predicted octanol–water partition coefficient (Wildman–Crippen LogP) is 2.59. The van der Waals surface area contributed by atoms with Crippen LogP contribution in [0.2, 0.25) is 10.0 Å². The molecule has 3 N–H and O–H groups in total. The molecule has 0 fully saturated rings. The molecule has 0 aliphatic heterocycles. The summed E-state index contributed by atoms with van der Waals surface area (Å²) in [7, 11) is 0. The molecule has 0 aliphatic carbocycles. The second kappa shape index (κ2) is 5.46. The lowest BCUT2D eigenvalue weighted by molar-refractivity contribution is 0.637. The Morgan fingerprint density at radius 2 is 2.17 bits per heavy atom. The third kappa shape index (κ3) is 3.05. The number of nitrogen functional groups attached to an aromatic ring is 1. The number of hydrogen-bond donors (Lipinski definition) is 2. The summed E-state index contributed by atoms with van der Waals surface area (Å²) in [6.45, 7) is 3.36. The number of aryl methyl sites for hydroxylation is 1. The summed E-state index contributed by atoms with van der Waals surface area (Å²) in [5.41, 5.74) is 6.74. The number of nitrogens with two attached hydrogens (primary N) is 1. The Morgan fingerprint density at radius 3 is 2.83 bits per heavy atom. The number of nitrogens with zero attached hydrogens (tertiary/aromatic N) is 3. The van der Waals surface area contributed by atoms with Crippen molar-refractivity contribution in [3.05, 3.63) is 34.1 Å². The van der Waals surface area contributed by atoms with Crippen LogP contribution in [0.15, 0.2) is 18.5 Å². The molecule has 2 aromatic rings. The molecule has 0 spiro atoms. The van der Waals surface area contributed by atoms with E-state index in [9.17, 15) is 0 Å². The zero-order chi connectivity index (χ0) is 13.1. The van der Waals surface area contributed by atoms with Gasteiger partial charge in [0.05, 0.1) is 22.8 Å². The highest BCUT2D eigenvalue weighted by atomic mass is 35.5. The van der Waals surface area contributed by atoms with Crippen molar-refractivity contribution in [2.24, 2.45) is 0 Å². The van der Waals surface area contributed by atoms with Gasteiger partial charge in [0.15, 0.2) is 0 Å². The van der Waals surface area contributed by atoms with Crippen molar-refractivity contribution in [1.29, 1.82) is 0 Å². The van der Waals surface area contributed by atoms with Crippen LogP contribution >= 0.6 is 23.2 Å². The summed E-state index contributed by atoms with van der Waals surface area (Å²) >= 11 is 11.8. The smallest absolute Gasteiger partial charge is 0.147 e. The quantitative estimate of drug-likeness (QED) is 0.906. The Morgan fingerprint density at radius 1 is 1.39 bits per heavy atom. The van der Waals surface area contributed by atoms with Gasteiger partial charge in [-0.3, -0.25) is 4.68 Å². The summed E-state index contributed by atoms with van der Waals surface area (Å²) in [6, 6.07) is 1.58. The Hall–Kier alpha value is -1.46. The van der Waals surface area contributed by atoms with Crippen LogP contribution in [0.1, 0.15) is 5.56 Å². The van der Waals surface area contributed by atoms with Gasteiger partial charge in [0, 0.05) is 12.7 Å². The lowest BCUT2D eigenvalue weighted by Gasteiger charge is -2.09. The Kier molecular flexibility index (Phi) is 3.93. The second-order valence-electron chi connectivity index (χ2n) is 3.89. The Bertz CT molecular complexity index is 552. The average Bonchev–Trinajstić information content (AvgIpc) is 2.71. The lowest BCUT2D eigenvalue weighted by Crippen LogP contribution is -2.12. The van der Waals surface area contributed by atoms with E-state index in [0.29, 0.717) is 29.0 Å². The molecule has 2 heterocycles. The highest BCUT2D eigenvalue weighted by Gasteiger charge is 2.06. The first-order valence-electron chi connectivity index (χ1n) is 5.40. The summed E-state index contributed by atoms with van der Waals surface area (Å²) in [5, 5.41) is 8.08. The van der Waals surface area contributed by atoms with Gasteiger partial charge in [0.1, 0.15) is 11.6 Å². The monoisotopic (exact) mass is 285 g/mol. The van der Waals surface area contributed by atoms with E-state index in [2.05, 4.69) is 15.4 Å². The number of nitrogens with one attached hydrogen (secondary N) is 1. The van der Waals surface area contributed by atoms with Crippen LogP contribution in [0.4, 0.5) is 11.6 Å². The molecule has 0 saturated carbocycles. The van der Waals surface area contributed by atoms with Crippen molar-refractivity contribution < 1.29 is 0 Å². The molecule has 5 nitrogen and oxygen atoms in total. The van der Waals surface area contributed by atoms with E-state index in [-0.39, 0.29) is 5.82 Å². The molecule has 96 valence electrons. The highest BCUT2D eigenvalue weighted by molar-refractivity contribution is 6.37. The fraction of sp³-hybridized carbons (Fsp3) is 0.273. The molecule has 0 unspecified atom stereocenters. The van der Waals surface area contributed by atoms with Gasteiger partial charge in [-0.05, 0) is 18.6 Å². The first-order valence-corrected chi connectivity index (χ1v) is 6.16. The average molecular weight is 286 g/mol. The van der Waals surface area contributed by atoms with E-state index in [0.717, 1.165) is 5.56 Å². The molecule has 0 bridgehead atoms. The topological polar surface area (TPSA) is 68.8 Å². The van der Waals surface area contributed by atoms with E-state index in [1.807, 2.05) is 24.0 Å². The first-order chi connectivity index (χ1) is 8.56. The molecule has 0 atom stereocenters. The highest BCUT2D eigenvalue weighted by Crippen LogP contribution is 2.27. The maximum Gasteiger partial charge on any atom is 0.147 e. The van der Waals surface area contributed by atoms with Gasteiger partial charge in [-0.2, -0.15) is 5.10 Å². The maximum absolute atomic E-state index is 6.00. The molecule has 7 heteroatoms. The van der Waals surface area contributed by atoms with Crippen LogP contribution in [-0.4, -0.2) is 21.3 Å². The van der Waals surface area contributed by atoms with E-state index >= 15 is 0 Å². The number of halogens is 2. The molecule has 0 aliphatic rings. The zero-order valence-corrected chi connectivity index (χ0v) is 11.3. The molecule has 0 amide bonds. The largest absolute Gasteiger partial charge is 0.382 e. The van der Waals surface area contributed by atoms with Crippen molar-refractivity contribution >= 4 is 34.8 Å². The number of rotatable bonds is 4. The van der Waals surface area contributed by atoms with Gasteiger partial charge in [-0.15, -0.1) is 0 Å². The van der Waals surface area contributed by atoms with Crippen molar-refractivity contribution in [1.82, 2.24) is 14.8 Å². The number of hydrogen-bond acceptors (Lipinski definition) is 4. The number of aromatic nitrogens is 3. The SMILES string of the molecule is Cc1cnn(CCNc2nc(N)c(Cl)cc2Cl)c1. The molecule has 2 rings (SSSR count). The van der Waals surface area contributed by atoms with Crippen LogP contribution in [0.5, 0.6) is 0 Å². The number of anilines is 2. The van der Waals surface area contributed by atoms with Crippen LogP contribution in [0.25, 0.3) is 0 Å². The number of pyridine rings is 1. The molecule has 0 aromatic carbocycles. The maximum atomic E-state index is 6.00. The molecule has 0 radical (unpaired) electrons. The predicted molar refractivity (Wildman–Crippen MR) is 74.1 cm³/mol. The zero-order valence-electron chi connectivity index (χ0n) is 9.82. The molecule has 18 heavy (non-hydrogen) atoms. The van der Waals surface area contributed by atoms with Crippen LogP contribution in [-0.2, 0) is 6.54 Å². The van der Waals surface area contributed by atoms with E-state index < -0.39 is 0 Å². The summed E-state index contributed by atoms with van der Waals surface area (Å²) in [4.78, 5) is 4.08. The van der Waals surface area contributed by atoms with Gasteiger partial charge in [-0.25, -0.2) is 4.98 Å². The normalized spacial score (nSPS) is 10.6. The van der Waals surface area contributed by atoms with Crippen LogP contribution in [0, 0.1) is 6.92 Å². The molecule has 2 aromatic heterocycles. The third-order valence-corrected chi connectivity index (χ3v) is 2.94. The molecular formula is C11H13Cl2N5. The van der Waals surface area contributed by atoms with Crippen LogP contribution in [0.3, 0.4) is 0 Å². The molecular weight excluding hydrogens is 273 g/mol. The Balaban J connectivity index is 1.96. The first kappa shape index (κ1) is 13.0. The van der Waals surface area contributed by atoms with Gasteiger partial charge in [0.2, 0.25) is 0 Å². The van der Waals surface area contributed by atoms with E-state index in [1.165, 1.54) is 0 Å². The fourth-order valence-corrected chi connectivity index (χ4v) is 1.91. The van der Waals surface area contributed by atoms with Crippen molar-refractivity contribution in [2.45, 2.75) is 13.5 Å². The molecule has 0 saturated heterocycles. The minimum absolute atomic E-state index is 0.263. The second-order valence-corrected chi connectivity index (χ2v) is 4.71. The minimum Gasteiger partial charge on any atom is -0.382 e. The summed E-state index contributed by atoms with van der Waals surface area (Å²) in [5.74, 6) is 0.793. The van der Waals surface area contributed by atoms with Crippen LogP contribution < -0.4 is 11.1 Å². The fourth-order valence-electron chi connectivity index (χ4n) is 1.48. The van der Waals surface area contributed by atoms with Gasteiger partial charge in [-0.1, -0.05) is 23.2 Å². The van der Waals surface area contributed by atoms with Crippen molar-refractivity contribution in [2.75, 3.05) is 17.6 Å². The van der Waals surface area contributed by atoms with Gasteiger partial charge < -0.3 is 11.1 Å².